The Morgan fingerprint density at radius 3 is 2.38 bits per heavy atom. The fourth-order valence-corrected chi connectivity index (χ4v) is 1.36. The van der Waals surface area contributed by atoms with Crippen molar-refractivity contribution in [2.45, 2.75) is 33.1 Å². The highest BCUT2D eigenvalue weighted by atomic mass is 16.4. The van der Waals surface area contributed by atoms with Crippen molar-refractivity contribution in [3.05, 3.63) is 0 Å². The second-order valence-corrected chi connectivity index (χ2v) is 3.77. The minimum Gasteiger partial charge on any atom is -0.481 e. The molecule has 0 heterocycles. The number of nitrogens with one attached hydrogen (secondary N) is 1. The number of nitrogens with zero attached hydrogens (tertiary/aromatic N) is 1. The van der Waals surface area contributed by atoms with Gasteiger partial charge in [0.1, 0.15) is 0 Å². The molecule has 2 N–H and O–H groups in total. The summed E-state index contributed by atoms with van der Waals surface area (Å²) in [6.45, 7) is 6.17. The number of hydrogen-bond acceptors (Lipinski definition) is 3. The van der Waals surface area contributed by atoms with E-state index < -0.39 is 5.97 Å². The van der Waals surface area contributed by atoms with E-state index in [2.05, 4.69) is 5.32 Å². The first-order chi connectivity index (χ1) is 7.60. The molecule has 0 aliphatic heterocycles. The van der Waals surface area contributed by atoms with Crippen LogP contribution in [0.1, 0.15) is 33.1 Å². The lowest BCUT2D eigenvalue weighted by molar-refractivity contribution is -0.137. The van der Waals surface area contributed by atoms with Crippen LogP contribution >= 0.6 is 0 Å². The van der Waals surface area contributed by atoms with E-state index in [-0.39, 0.29) is 12.3 Å². The third-order valence-corrected chi connectivity index (χ3v) is 2.12. The van der Waals surface area contributed by atoms with Crippen LogP contribution in [0.15, 0.2) is 0 Å². The zero-order valence-corrected chi connectivity index (χ0v) is 10.2. The van der Waals surface area contributed by atoms with Gasteiger partial charge in [-0.15, -0.1) is 0 Å². The van der Waals surface area contributed by atoms with Crippen molar-refractivity contribution in [3.8, 4) is 0 Å². The fourth-order valence-electron chi connectivity index (χ4n) is 1.36. The quantitative estimate of drug-likeness (QED) is 0.611. The molecule has 0 unspecified atom stereocenters. The Kier molecular flexibility index (Phi) is 8.52. The molecule has 1 amide bonds. The molecule has 0 aromatic heterocycles. The van der Waals surface area contributed by atoms with Crippen molar-refractivity contribution >= 4 is 11.9 Å². The monoisotopic (exact) mass is 230 g/mol. The summed E-state index contributed by atoms with van der Waals surface area (Å²) in [6, 6.07) is 0. The molecule has 0 saturated carbocycles. The Labute approximate surface area is 96.8 Å². The van der Waals surface area contributed by atoms with Crippen LogP contribution in [0.25, 0.3) is 0 Å². The first-order valence-electron chi connectivity index (χ1n) is 5.81. The molecular formula is C11H22N2O3. The van der Waals surface area contributed by atoms with Crippen LogP contribution in [-0.4, -0.2) is 48.1 Å². The molecule has 5 heteroatoms. The molecule has 0 aromatic carbocycles. The number of aliphatic carboxylic acids is 1. The summed E-state index contributed by atoms with van der Waals surface area (Å²) in [5.41, 5.74) is 0. The summed E-state index contributed by atoms with van der Waals surface area (Å²) in [5, 5.41) is 11.4. The number of carboxylic acids is 1. The molecule has 0 bridgehead atoms. The number of amides is 1. The van der Waals surface area contributed by atoms with Gasteiger partial charge in [0, 0.05) is 13.1 Å². The number of hydrogen-bond donors (Lipinski definition) is 2. The van der Waals surface area contributed by atoms with Gasteiger partial charge in [0.25, 0.3) is 0 Å². The predicted octanol–water partition coefficient (Wildman–Crippen LogP) is 0.699. The Morgan fingerprint density at radius 1 is 1.19 bits per heavy atom. The zero-order chi connectivity index (χ0) is 12.4. The van der Waals surface area contributed by atoms with E-state index in [4.69, 9.17) is 5.11 Å². The predicted molar refractivity (Wildman–Crippen MR) is 62.3 cm³/mol. The molecule has 94 valence electrons. The summed E-state index contributed by atoms with van der Waals surface area (Å²) in [5.74, 6) is -0.851. The average Bonchev–Trinajstić information content (AvgIpc) is 2.23. The van der Waals surface area contributed by atoms with E-state index in [9.17, 15) is 9.59 Å². The molecule has 0 fully saturated rings. The lowest BCUT2D eigenvalue weighted by atomic mass is 10.3. The maximum Gasteiger partial charge on any atom is 0.304 e. The zero-order valence-electron chi connectivity index (χ0n) is 10.2. The molecule has 0 saturated heterocycles. The minimum absolute atomic E-state index is 0.0271. The van der Waals surface area contributed by atoms with Crippen LogP contribution in [0.3, 0.4) is 0 Å². The van der Waals surface area contributed by atoms with Gasteiger partial charge >= 0.3 is 5.97 Å². The third-order valence-electron chi connectivity index (χ3n) is 2.12. The largest absolute Gasteiger partial charge is 0.481 e. The second-order valence-electron chi connectivity index (χ2n) is 3.77. The molecule has 0 aromatic rings. The molecule has 0 aliphatic carbocycles. The first kappa shape index (κ1) is 14.9. The topological polar surface area (TPSA) is 69.6 Å². The number of carbonyl (C=O) groups is 2. The van der Waals surface area contributed by atoms with Crippen LogP contribution < -0.4 is 5.32 Å². The highest BCUT2D eigenvalue weighted by molar-refractivity contribution is 5.78. The van der Waals surface area contributed by atoms with Gasteiger partial charge in [0.2, 0.25) is 5.91 Å². The van der Waals surface area contributed by atoms with Crippen molar-refractivity contribution < 1.29 is 14.7 Å². The van der Waals surface area contributed by atoms with Gasteiger partial charge in [-0.3, -0.25) is 14.5 Å². The molecule has 5 nitrogen and oxygen atoms in total. The van der Waals surface area contributed by atoms with Crippen LogP contribution in [0, 0.1) is 0 Å². The molecule has 0 spiro atoms. The molecular weight excluding hydrogens is 208 g/mol. The van der Waals surface area contributed by atoms with Crippen LogP contribution in [0.2, 0.25) is 0 Å². The lowest BCUT2D eigenvalue weighted by Crippen LogP contribution is -2.38. The fraction of sp³-hybridized carbons (Fsp3) is 0.818. The highest BCUT2D eigenvalue weighted by Crippen LogP contribution is 1.94. The summed E-state index contributed by atoms with van der Waals surface area (Å²) in [4.78, 5) is 23.7. The second kappa shape index (κ2) is 9.15. The molecule has 16 heavy (non-hydrogen) atoms. The smallest absolute Gasteiger partial charge is 0.304 e. The van der Waals surface area contributed by atoms with Crippen LogP contribution in [0.5, 0.6) is 0 Å². The van der Waals surface area contributed by atoms with E-state index in [1.165, 1.54) is 0 Å². The number of rotatable bonds is 9. The minimum atomic E-state index is -0.824. The standard InChI is InChI=1S/C11H22N2O3/c1-3-6-12-10(14)9-13(7-4-2)8-5-11(15)16/h3-9H2,1-2H3,(H,12,14)(H,15,16). The van der Waals surface area contributed by atoms with Crippen LogP contribution in [0.4, 0.5) is 0 Å². The van der Waals surface area contributed by atoms with Crippen molar-refractivity contribution in [3.63, 3.8) is 0 Å². The van der Waals surface area contributed by atoms with Gasteiger partial charge in [-0.1, -0.05) is 13.8 Å². The SMILES string of the molecule is CCCNC(=O)CN(CCC)CCC(=O)O. The van der Waals surface area contributed by atoms with Crippen molar-refractivity contribution in [1.29, 1.82) is 0 Å². The average molecular weight is 230 g/mol. The van der Waals surface area contributed by atoms with E-state index in [1.54, 1.807) is 0 Å². The Hall–Kier alpha value is -1.10. The van der Waals surface area contributed by atoms with Crippen molar-refractivity contribution in [1.82, 2.24) is 10.2 Å². The highest BCUT2D eigenvalue weighted by Gasteiger charge is 2.10. The Morgan fingerprint density at radius 2 is 1.88 bits per heavy atom. The van der Waals surface area contributed by atoms with Gasteiger partial charge in [-0.2, -0.15) is 0 Å². The maximum atomic E-state index is 11.4. The molecule has 0 radical (unpaired) electrons. The lowest BCUT2D eigenvalue weighted by Gasteiger charge is -2.19. The summed E-state index contributed by atoms with van der Waals surface area (Å²) < 4.78 is 0. The summed E-state index contributed by atoms with van der Waals surface area (Å²) in [7, 11) is 0. The Balaban J connectivity index is 3.90. The van der Waals surface area contributed by atoms with Crippen LogP contribution in [-0.2, 0) is 9.59 Å². The van der Waals surface area contributed by atoms with Gasteiger partial charge in [-0.05, 0) is 19.4 Å². The van der Waals surface area contributed by atoms with E-state index in [0.29, 0.717) is 19.6 Å². The number of carbonyl (C=O) groups excluding carboxylic acids is 1. The first-order valence-corrected chi connectivity index (χ1v) is 5.81. The van der Waals surface area contributed by atoms with Gasteiger partial charge in [-0.25, -0.2) is 0 Å². The Bertz CT molecular complexity index is 219. The summed E-state index contributed by atoms with van der Waals surface area (Å²) >= 11 is 0. The van der Waals surface area contributed by atoms with E-state index in [0.717, 1.165) is 19.4 Å². The molecule has 0 aliphatic rings. The van der Waals surface area contributed by atoms with E-state index >= 15 is 0 Å². The van der Waals surface area contributed by atoms with E-state index in [1.807, 2.05) is 18.7 Å². The molecule has 0 rings (SSSR count). The third kappa shape index (κ3) is 8.23. The summed E-state index contributed by atoms with van der Waals surface area (Å²) in [6.07, 6.45) is 1.91. The normalized spacial score (nSPS) is 10.4. The van der Waals surface area contributed by atoms with Crippen molar-refractivity contribution in [2.24, 2.45) is 0 Å². The van der Waals surface area contributed by atoms with Gasteiger partial charge in [0.15, 0.2) is 0 Å². The van der Waals surface area contributed by atoms with Gasteiger partial charge < -0.3 is 10.4 Å². The van der Waals surface area contributed by atoms with Crippen molar-refractivity contribution in [2.75, 3.05) is 26.2 Å². The molecule has 0 atom stereocenters. The maximum absolute atomic E-state index is 11.4. The van der Waals surface area contributed by atoms with Gasteiger partial charge in [0.05, 0.1) is 13.0 Å². The number of carboxylic acid groups (broad SMARTS) is 1.